The molecule has 28 heavy (non-hydrogen) atoms. The molecule has 9 heteroatoms. The molecule has 2 aromatic rings. The molecule has 3 rings (SSSR count). The molecule has 0 radical (unpaired) electrons. The lowest BCUT2D eigenvalue weighted by Gasteiger charge is -2.08. The standard InChI is InChI=1S/C19H17BrN4O3S/c1-27-13-8-6-12(7-9-13)11-21-24-19-23-18(26)16(28-19)10-17(25)22-15-5-3-2-4-14(15)20/h2-9,11,16H,10H2,1H3,(H,22,25)(H,23,24,26)/b21-11+. The number of carbonyl (C=O) groups excluding carboxylic acids is 2. The first-order valence-corrected chi connectivity index (χ1v) is 9.99. The van der Waals surface area contributed by atoms with Crippen molar-refractivity contribution in [2.45, 2.75) is 11.7 Å². The van der Waals surface area contributed by atoms with Crippen molar-refractivity contribution in [3.8, 4) is 5.75 Å². The molecule has 1 unspecified atom stereocenters. The van der Waals surface area contributed by atoms with E-state index in [0.29, 0.717) is 10.9 Å². The summed E-state index contributed by atoms with van der Waals surface area (Å²) in [4.78, 5) is 24.3. The molecule has 7 nitrogen and oxygen atoms in total. The quantitative estimate of drug-likeness (QED) is 0.510. The van der Waals surface area contributed by atoms with Crippen LogP contribution in [0.3, 0.4) is 0 Å². The molecule has 0 spiro atoms. The highest BCUT2D eigenvalue weighted by atomic mass is 79.9. The van der Waals surface area contributed by atoms with E-state index in [4.69, 9.17) is 4.74 Å². The number of rotatable bonds is 6. The summed E-state index contributed by atoms with van der Waals surface area (Å²) in [5.41, 5.74) is 1.51. The third-order valence-corrected chi connectivity index (χ3v) is 5.53. The predicted molar refractivity (Wildman–Crippen MR) is 115 cm³/mol. The van der Waals surface area contributed by atoms with E-state index in [2.05, 4.69) is 36.8 Å². The minimum atomic E-state index is -0.544. The Morgan fingerprint density at radius 3 is 2.75 bits per heavy atom. The van der Waals surface area contributed by atoms with Gasteiger partial charge in [-0.15, -0.1) is 5.10 Å². The van der Waals surface area contributed by atoms with E-state index in [1.54, 1.807) is 19.4 Å². The van der Waals surface area contributed by atoms with Crippen LogP contribution in [-0.2, 0) is 9.59 Å². The van der Waals surface area contributed by atoms with Crippen LogP contribution in [0.2, 0.25) is 0 Å². The first-order valence-electron chi connectivity index (χ1n) is 8.32. The Morgan fingerprint density at radius 2 is 2.04 bits per heavy atom. The molecule has 2 N–H and O–H groups in total. The first kappa shape index (κ1) is 20.1. The van der Waals surface area contributed by atoms with Crippen LogP contribution in [0.5, 0.6) is 5.75 Å². The van der Waals surface area contributed by atoms with Crippen LogP contribution in [-0.4, -0.2) is 35.6 Å². The van der Waals surface area contributed by atoms with Gasteiger partial charge >= 0.3 is 0 Å². The van der Waals surface area contributed by atoms with E-state index in [9.17, 15) is 9.59 Å². The molecule has 1 fully saturated rings. The van der Waals surface area contributed by atoms with Crippen LogP contribution in [0.15, 0.2) is 63.2 Å². The van der Waals surface area contributed by atoms with Crippen LogP contribution < -0.4 is 15.4 Å². The number of carbonyl (C=O) groups is 2. The van der Waals surface area contributed by atoms with Gasteiger partial charge in [0.25, 0.3) is 0 Å². The van der Waals surface area contributed by atoms with Gasteiger partial charge in [-0.3, -0.25) is 9.59 Å². The molecule has 144 valence electrons. The summed E-state index contributed by atoms with van der Waals surface area (Å²) in [6.07, 6.45) is 1.62. The van der Waals surface area contributed by atoms with Gasteiger partial charge in [-0.25, -0.2) is 0 Å². The number of hydrogen-bond acceptors (Lipinski definition) is 6. The van der Waals surface area contributed by atoms with Gasteiger partial charge < -0.3 is 15.4 Å². The van der Waals surface area contributed by atoms with Crippen molar-refractivity contribution in [1.82, 2.24) is 5.32 Å². The van der Waals surface area contributed by atoms with Crippen LogP contribution >= 0.6 is 27.7 Å². The molecule has 0 saturated carbocycles. The summed E-state index contributed by atoms with van der Waals surface area (Å²) < 4.78 is 5.88. The molecule has 1 aliphatic rings. The number of amides is 2. The van der Waals surface area contributed by atoms with Crippen LogP contribution in [0.4, 0.5) is 5.69 Å². The van der Waals surface area contributed by atoms with Crippen LogP contribution in [0.25, 0.3) is 0 Å². The maximum absolute atomic E-state index is 12.2. The van der Waals surface area contributed by atoms with Crippen molar-refractivity contribution in [3.05, 3.63) is 58.6 Å². The SMILES string of the molecule is COc1ccc(/C=N/N=C2\NC(=O)C(CC(=O)Nc3ccccc3Br)S2)cc1. The number of ether oxygens (including phenoxy) is 1. The number of hydrogen-bond donors (Lipinski definition) is 2. The van der Waals surface area contributed by atoms with Crippen molar-refractivity contribution in [1.29, 1.82) is 0 Å². The number of anilines is 1. The number of nitrogens with one attached hydrogen (secondary N) is 2. The number of benzene rings is 2. The molecular weight excluding hydrogens is 444 g/mol. The second kappa shape index (κ2) is 9.52. The van der Waals surface area contributed by atoms with Crippen molar-refractivity contribution in [2.24, 2.45) is 10.2 Å². The molecule has 1 atom stereocenters. The second-order valence-electron chi connectivity index (χ2n) is 5.75. The average molecular weight is 461 g/mol. The van der Waals surface area contributed by atoms with Gasteiger partial charge in [0.15, 0.2) is 5.17 Å². The molecule has 0 aromatic heterocycles. The Kier molecular flexibility index (Phi) is 6.83. The summed E-state index contributed by atoms with van der Waals surface area (Å²) in [5.74, 6) is 0.249. The second-order valence-corrected chi connectivity index (χ2v) is 7.80. The maximum Gasteiger partial charge on any atom is 0.240 e. The fourth-order valence-electron chi connectivity index (χ4n) is 2.36. The van der Waals surface area contributed by atoms with Crippen molar-refractivity contribution in [2.75, 3.05) is 12.4 Å². The normalized spacial score (nSPS) is 17.7. The zero-order valence-corrected chi connectivity index (χ0v) is 17.3. The van der Waals surface area contributed by atoms with Crippen molar-refractivity contribution >= 4 is 56.6 Å². The van der Waals surface area contributed by atoms with E-state index < -0.39 is 5.25 Å². The van der Waals surface area contributed by atoms with Crippen molar-refractivity contribution in [3.63, 3.8) is 0 Å². The van der Waals surface area contributed by atoms with Gasteiger partial charge in [0.1, 0.15) is 11.0 Å². The Morgan fingerprint density at radius 1 is 1.29 bits per heavy atom. The Bertz CT molecular complexity index is 931. The number of thioether (sulfide) groups is 1. The van der Waals surface area contributed by atoms with Gasteiger partial charge in [-0.1, -0.05) is 23.9 Å². The van der Waals surface area contributed by atoms with E-state index >= 15 is 0 Å². The zero-order chi connectivity index (χ0) is 19.9. The minimum Gasteiger partial charge on any atom is -0.497 e. The molecular formula is C19H17BrN4O3S. The van der Waals surface area contributed by atoms with Crippen LogP contribution in [0.1, 0.15) is 12.0 Å². The van der Waals surface area contributed by atoms with Gasteiger partial charge in [0, 0.05) is 10.9 Å². The number of methoxy groups -OCH3 is 1. The molecule has 0 aliphatic carbocycles. The van der Waals surface area contributed by atoms with E-state index in [-0.39, 0.29) is 18.2 Å². The molecule has 1 saturated heterocycles. The van der Waals surface area contributed by atoms with Gasteiger partial charge in [-0.05, 0) is 57.9 Å². The number of halogens is 1. The lowest BCUT2D eigenvalue weighted by Crippen LogP contribution is -2.28. The van der Waals surface area contributed by atoms with Gasteiger partial charge in [0.05, 0.1) is 19.0 Å². The number of amidine groups is 1. The van der Waals surface area contributed by atoms with E-state index in [0.717, 1.165) is 15.8 Å². The minimum absolute atomic E-state index is 0.0407. The molecule has 1 aliphatic heterocycles. The lowest BCUT2D eigenvalue weighted by molar-refractivity contribution is -0.122. The highest BCUT2D eigenvalue weighted by molar-refractivity contribution is 9.10. The first-order chi connectivity index (χ1) is 13.5. The Hall–Kier alpha value is -2.65. The topological polar surface area (TPSA) is 92.2 Å². The highest BCUT2D eigenvalue weighted by Crippen LogP contribution is 2.25. The van der Waals surface area contributed by atoms with E-state index in [1.165, 1.54) is 11.8 Å². The fourth-order valence-corrected chi connectivity index (χ4v) is 3.66. The van der Waals surface area contributed by atoms with Crippen molar-refractivity contribution < 1.29 is 14.3 Å². The third kappa shape index (κ3) is 5.43. The number of nitrogens with zero attached hydrogens (tertiary/aromatic N) is 2. The zero-order valence-electron chi connectivity index (χ0n) is 14.9. The van der Waals surface area contributed by atoms with Gasteiger partial charge in [0.2, 0.25) is 11.8 Å². The largest absolute Gasteiger partial charge is 0.497 e. The summed E-state index contributed by atoms with van der Waals surface area (Å²) in [6.45, 7) is 0. The highest BCUT2D eigenvalue weighted by Gasteiger charge is 2.32. The summed E-state index contributed by atoms with van der Waals surface area (Å²) in [5, 5.41) is 13.3. The van der Waals surface area contributed by atoms with Crippen LogP contribution in [0, 0.1) is 0 Å². The lowest BCUT2D eigenvalue weighted by atomic mass is 10.2. The molecule has 2 amide bonds. The molecule has 2 aromatic carbocycles. The third-order valence-electron chi connectivity index (χ3n) is 3.77. The summed E-state index contributed by atoms with van der Waals surface area (Å²) >= 11 is 4.56. The monoisotopic (exact) mass is 460 g/mol. The maximum atomic E-state index is 12.2. The molecule has 1 heterocycles. The Balaban J connectivity index is 1.55. The number of para-hydroxylation sites is 1. The molecule has 0 bridgehead atoms. The predicted octanol–water partition coefficient (Wildman–Crippen LogP) is 3.41. The average Bonchev–Trinajstić information content (AvgIpc) is 3.03. The summed E-state index contributed by atoms with van der Waals surface area (Å²) in [7, 11) is 1.60. The summed E-state index contributed by atoms with van der Waals surface area (Å²) in [6, 6.07) is 14.6. The Labute approximate surface area is 174 Å². The van der Waals surface area contributed by atoms with Gasteiger partial charge in [-0.2, -0.15) is 5.10 Å². The fraction of sp³-hybridized carbons (Fsp3) is 0.158. The van der Waals surface area contributed by atoms with E-state index in [1.807, 2.05) is 42.5 Å². The smallest absolute Gasteiger partial charge is 0.240 e.